The van der Waals surface area contributed by atoms with Crippen LogP contribution in [0.2, 0.25) is 0 Å². The monoisotopic (exact) mass is 344 g/mol. The lowest BCUT2D eigenvalue weighted by atomic mass is 10.1. The Morgan fingerprint density at radius 1 is 0.808 bits per heavy atom. The third kappa shape index (κ3) is 2.81. The molecule has 0 aliphatic rings. The molecule has 130 valence electrons. The summed E-state index contributed by atoms with van der Waals surface area (Å²) in [5.74, 6) is 1.26. The van der Waals surface area contributed by atoms with E-state index in [4.69, 9.17) is 4.74 Å². The highest BCUT2D eigenvalue weighted by Crippen LogP contribution is 2.29. The lowest BCUT2D eigenvalue weighted by molar-refractivity contribution is 0.467. The van der Waals surface area contributed by atoms with E-state index in [1.165, 1.54) is 28.6 Å². The summed E-state index contributed by atoms with van der Waals surface area (Å²) >= 11 is 0. The Bertz CT molecular complexity index is 1110. The highest BCUT2D eigenvalue weighted by molar-refractivity contribution is 5.81. The zero-order valence-electron chi connectivity index (χ0n) is 15.3. The number of fused-ring (bicyclic) bond motifs is 1. The average molecular weight is 344 g/mol. The van der Waals surface area contributed by atoms with E-state index >= 15 is 0 Å². The van der Waals surface area contributed by atoms with Crippen LogP contribution in [0.15, 0.2) is 48.9 Å². The number of hydrogen-bond donors (Lipinski definition) is 0. The van der Waals surface area contributed by atoms with Gasteiger partial charge in [0.2, 0.25) is 5.88 Å². The number of aromatic nitrogens is 4. The zero-order valence-corrected chi connectivity index (χ0v) is 15.3. The number of nitrogens with zero attached hydrogens (tertiary/aromatic N) is 4. The van der Waals surface area contributed by atoms with E-state index in [0.717, 1.165) is 22.5 Å². The summed E-state index contributed by atoms with van der Waals surface area (Å²) in [5.41, 5.74) is 6.57. The van der Waals surface area contributed by atoms with Crippen molar-refractivity contribution in [3.05, 3.63) is 71.2 Å². The summed E-state index contributed by atoms with van der Waals surface area (Å²) in [6.45, 7) is 8.33. The molecule has 2 aromatic heterocycles. The van der Waals surface area contributed by atoms with Gasteiger partial charge in [-0.1, -0.05) is 12.1 Å². The molecule has 26 heavy (non-hydrogen) atoms. The number of rotatable bonds is 3. The molecule has 4 aromatic rings. The molecule has 0 saturated heterocycles. The summed E-state index contributed by atoms with van der Waals surface area (Å²) < 4.78 is 7.83. The van der Waals surface area contributed by atoms with E-state index in [1.807, 2.05) is 28.9 Å². The van der Waals surface area contributed by atoms with Gasteiger partial charge < -0.3 is 4.74 Å². The topological polar surface area (TPSA) is 52.8 Å². The van der Waals surface area contributed by atoms with E-state index < -0.39 is 0 Å². The maximum Gasteiger partial charge on any atom is 0.233 e. The van der Waals surface area contributed by atoms with Crippen molar-refractivity contribution in [3.63, 3.8) is 0 Å². The molecule has 0 amide bonds. The molecule has 0 radical (unpaired) electrons. The molecule has 0 bridgehead atoms. The standard InChI is InChI=1S/C21H20N4O/c1-13-5-7-17(9-15(13)3)25-20-19(11-24-25)21(23-12-22-20)26-18-8-6-14(2)16(4)10-18/h5-12H,1-4H3. The summed E-state index contributed by atoms with van der Waals surface area (Å²) in [6.07, 6.45) is 3.26. The summed E-state index contributed by atoms with van der Waals surface area (Å²) in [4.78, 5) is 8.72. The second-order valence-electron chi connectivity index (χ2n) is 6.59. The molecule has 5 heteroatoms. The fourth-order valence-electron chi connectivity index (χ4n) is 2.84. The van der Waals surface area contributed by atoms with Crippen LogP contribution in [0.4, 0.5) is 0 Å². The lowest BCUT2D eigenvalue weighted by Crippen LogP contribution is -1.99. The molecule has 0 unspecified atom stereocenters. The average Bonchev–Trinajstić information content (AvgIpc) is 3.06. The van der Waals surface area contributed by atoms with Crippen molar-refractivity contribution in [2.45, 2.75) is 27.7 Å². The Balaban J connectivity index is 1.77. The Kier molecular flexibility index (Phi) is 3.92. The van der Waals surface area contributed by atoms with Crippen LogP contribution in [-0.4, -0.2) is 19.7 Å². The predicted octanol–water partition coefficient (Wildman–Crippen LogP) is 4.84. The predicted molar refractivity (Wildman–Crippen MR) is 102 cm³/mol. The van der Waals surface area contributed by atoms with Gasteiger partial charge in [0.05, 0.1) is 11.9 Å². The SMILES string of the molecule is Cc1ccc(Oc2ncnc3c2cnn3-c2ccc(C)c(C)c2)cc1C. The molecule has 2 aromatic carbocycles. The van der Waals surface area contributed by atoms with E-state index in [9.17, 15) is 0 Å². The van der Waals surface area contributed by atoms with Crippen molar-refractivity contribution in [3.8, 4) is 17.3 Å². The van der Waals surface area contributed by atoms with Gasteiger partial charge >= 0.3 is 0 Å². The molecule has 0 fully saturated rings. The maximum absolute atomic E-state index is 6.02. The van der Waals surface area contributed by atoms with Gasteiger partial charge in [0.1, 0.15) is 17.5 Å². The summed E-state index contributed by atoms with van der Waals surface area (Å²) in [5, 5.41) is 5.29. The second kappa shape index (κ2) is 6.26. The molecule has 0 aliphatic carbocycles. The first-order chi connectivity index (χ1) is 12.5. The van der Waals surface area contributed by atoms with Crippen molar-refractivity contribution in [2.75, 3.05) is 0 Å². The van der Waals surface area contributed by atoms with E-state index in [1.54, 1.807) is 6.20 Å². The number of hydrogen-bond acceptors (Lipinski definition) is 4. The molecule has 0 N–H and O–H groups in total. The van der Waals surface area contributed by atoms with Crippen LogP contribution in [0.3, 0.4) is 0 Å². The second-order valence-corrected chi connectivity index (χ2v) is 6.59. The largest absolute Gasteiger partial charge is 0.438 e. The minimum Gasteiger partial charge on any atom is -0.438 e. The molecular formula is C21H20N4O. The third-order valence-electron chi connectivity index (χ3n) is 4.76. The molecule has 0 atom stereocenters. The van der Waals surface area contributed by atoms with Crippen LogP contribution >= 0.6 is 0 Å². The fourth-order valence-corrected chi connectivity index (χ4v) is 2.84. The first kappa shape index (κ1) is 16.3. The van der Waals surface area contributed by atoms with Crippen LogP contribution in [0.25, 0.3) is 16.7 Å². The molecule has 0 saturated carbocycles. The number of aryl methyl sites for hydroxylation is 4. The van der Waals surface area contributed by atoms with E-state index in [0.29, 0.717) is 5.88 Å². The number of ether oxygens (including phenoxy) is 1. The highest BCUT2D eigenvalue weighted by Gasteiger charge is 2.13. The van der Waals surface area contributed by atoms with Gasteiger partial charge in [-0.05, 0) is 74.2 Å². The zero-order chi connectivity index (χ0) is 18.3. The summed E-state index contributed by atoms with van der Waals surface area (Å²) in [6, 6.07) is 12.2. The van der Waals surface area contributed by atoms with Gasteiger partial charge in [0.15, 0.2) is 5.65 Å². The van der Waals surface area contributed by atoms with Gasteiger partial charge in [-0.3, -0.25) is 0 Å². The van der Waals surface area contributed by atoms with E-state index in [2.05, 4.69) is 54.9 Å². The number of benzene rings is 2. The van der Waals surface area contributed by atoms with Crippen LogP contribution in [0, 0.1) is 27.7 Å². The van der Waals surface area contributed by atoms with E-state index in [-0.39, 0.29) is 0 Å². The first-order valence-electron chi connectivity index (χ1n) is 8.54. The Morgan fingerprint density at radius 3 is 2.27 bits per heavy atom. The third-order valence-corrected chi connectivity index (χ3v) is 4.76. The van der Waals surface area contributed by atoms with Crippen LogP contribution in [0.5, 0.6) is 11.6 Å². The molecule has 2 heterocycles. The maximum atomic E-state index is 6.02. The van der Waals surface area contributed by atoms with Gasteiger partial charge in [-0.25, -0.2) is 14.6 Å². The molecule has 0 aliphatic heterocycles. The Labute approximate surface area is 152 Å². The lowest BCUT2D eigenvalue weighted by Gasteiger charge is -2.08. The van der Waals surface area contributed by atoms with Crippen molar-refractivity contribution in [1.82, 2.24) is 19.7 Å². The quantitative estimate of drug-likeness (QED) is 0.533. The van der Waals surface area contributed by atoms with Crippen molar-refractivity contribution >= 4 is 11.0 Å². The molecular weight excluding hydrogens is 324 g/mol. The molecule has 5 nitrogen and oxygen atoms in total. The van der Waals surface area contributed by atoms with Crippen molar-refractivity contribution in [1.29, 1.82) is 0 Å². The van der Waals surface area contributed by atoms with Gasteiger partial charge in [-0.2, -0.15) is 5.10 Å². The highest BCUT2D eigenvalue weighted by atomic mass is 16.5. The van der Waals surface area contributed by atoms with Gasteiger partial charge in [-0.15, -0.1) is 0 Å². The van der Waals surface area contributed by atoms with Crippen LogP contribution in [0.1, 0.15) is 22.3 Å². The normalized spacial score (nSPS) is 11.1. The first-order valence-corrected chi connectivity index (χ1v) is 8.54. The van der Waals surface area contributed by atoms with Crippen LogP contribution in [-0.2, 0) is 0 Å². The molecule has 0 spiro atoms. The van der Waals surface area contributed by atoms with Crippen LogP contribution < -0.4 is 4.74 Å². The Morgan fingerprint density at radius 2 is 1.54 bits per heavy atom. The fraction of sp³-hybridized carbons (Fsp3) is 0.190. The minimum absolute atomic E-state index is 0.508. The van der Waals surface area contributed by atoms with Gasteiger partial charge in [0, 0.05) is 0 Å². The molecule has 4 rings (SSSR count). The Hall–Kier alpha value is -3.21. The summed E-state index contributed by atoms with van der Waals surface area (Å²) in [7, 11) is 0. The van der Waals surface area contributed by atoms with Crippen molar-refractivity contribution < 1.29 is 4.74 Å². The van der Waals surface area contributed by atoms with Crippen molar-refractivity contribution in [2.24, 2.45) is 0 Å². The minimum atomic E-state index is 0.508. The smallest absolute Gasteiger partial charge is 0.233 e. The van der Waals surface area contributed by atoms with Gasteiger partial charge in [0.25, 0.3) is 0 Å².